The van der Waals surface area contributed by atoms with E-state index in [2.05, 4.69) is 0 Å². The van der Waals surface area contributed by atoms with Crippen LogP contribution in [0.5, 0.6) is 0 Å². The van der Waals surface area contributed by atoms with E-state index in [9.17, 15) is 14.9 Å². The standard InChI is InChI=1S/C16H13ClN2O3S/c1-10-6-7-11(8-13(10)17)18-15(20)9-23-16(18)12-4-2-3-5-14(12)19(21)22/h2-8,16H,9H2,1H3/t16-/m1/s1. The van der Waals surface area contributed by atoms with Gasteiger partial charge in [0.25, 0.3) is 5.69 Å². The van der Waals surface area contributed by atoms with E-state index in [1.54, 1.807) is 29.2 Å². The predicted octanol–water partition coefficient (Wildman–Crippen LogP) is 4.34. The molecule has 1 aliphatic heterocycles. The smallest absolute Gasteiger partial charge is 0.275 e. The van der Waals surface area contributed by atoms with Crippen LogP contribution in [-0.4, -0.2) is 16.6 Å². The first-order valence-corrected chi connectivity index (χ1v) is 8.35. The quantitative estimate of drug-likeness (QED) is 0.611. The number of nitrogens with zero attached hydrogens (tertiary/aromatic N) is 2. The highest BCUT2D eigenvalue weighted by atomic mass is 35.5. The molecule has 0 spiro atoms. The molecule has 0 aromatic heterocycles. The predicted molar refractivity (Wildman–Crippen MR) is 92.0 cm³/mol. The molecule has 7 heteroatoms. The number of thioether (sulfide) groups is 1. The van der Waals surface area contributed by atoms with Gasteiger partial charge in [-0.15, -0.1) is 11.8 Å². The summed E-state index contributed by atoms with van der Waals surface area (Å²) >= 11 is 7.54. The topological polar surface area (TPSA) is 63.5 Å². The van der Waals surface area contributed by atoms with Crippen LogP contribution in [0, 0.1) is 17.0 Å². The molecule has 0 aliphatic carbocycles. The van der Waals surface area contributed by atoms with Crippen molar-refractivity contribution in [1.82, 2.24) is 0 Å². The molecule has 2 aromatic carbocycles. The van der Waals surface area contributed by atoms with Crippen molar-refractivity contribution in [2.24, 2.45) is 0 Å². The molecule has 3 rings (SSSR count). The Morgan fingerprint density at radius 3 is 2.74 bits per heavy atom. The SMILES string of the molecule is Cc1ccc(N2C(=O)CS[C@@H]2c2ccccc2[N+](=O)[O-])cc1Cl. The molecule has 1 atom stereocenters. The lowest BCUT2D eigenvalue weighted by Crippen LogP contribution is -2.28. The van der Waals surface area contributed by atoms with E-state index in [1.165, 1.54) is 17.8 Å². The highest BCUT2D eigenvalue weighted by molar-refractivity contribution is 8.00. The Bertz CT molecular complexity index is 797. The summed E-state index contributed by atoms with van der Waals surface area (Å²) in [4.78, 5) is 24.8. The molecule has 1 amide bonds. The van der Waals surface area contributed by atoms with Crippen LogP contribution in [0.15, 0.2) is 42.5 Å². The minimum Gasteiger partial charge on any atom is -0.295 e. The zero-order chi connectivity index (χ0) is 16.6. The number of amides is 1. The van der Waals surface area contributed by atoms with Gasteiger partial charge in [-0.2, -0.15) is 0 Å². The lowest BCUT2D eigenvalue weighted by Gasteiger charge is -2.24. The molecule has 2 aromatic rings. The number of hydrogen-bond acceptors (Lipinski definition) is 4. The first-order chi connectivity index (χ1) is 11.0. The number of anilines is 1. The third-order valence-corrected chi connectivity index (χ3v) is 5.30. The maximum Gasteiger partial charge on any atom is 0.275 e. The summed E-state index contributed by atoms with van der Waals surface area (Å²) in [6.45, 7) is 1.88. The largest absolute Gasteiger partial charge is 0.295 e. The fourth-order valence-corrected chi connectivity index (χ4v) is 3.91. The number of nitro benzene ring substituents is 1. The van der Waals surface area contributed by atoms with Gasteiger partial charge < -0.3 is 0 Å². The number of rotatable bonds is 3. The first kappa shape index (κ1) is 15.8. The van der Waals surface area contributed by atoms with Gasteiger partial charge in [0.05, 0.1) is 16.2 Å². The van der Waals surface area contributed by atoms with Crippen molar-refractivity contribution >= 4 is 40.6 Å². The molecular weight excluding hydrogens is 336 g/mol. The molecule has 0 unspecified atom stereocenters. The summed E-state index contributed by atoms with van der Waals surface area (Å²) in [5.41, 5.74) is 2.10. The lowest BCUT2D eigenvalue weighted by molar-refractivity contribution is -0.385. The van der Waals surface area contributed by atoms with Crippen molar-refractivity contribution in [1.29, 1.82) is 0 Å². The number of para-hydroxylation sites is 1. The minimum atomic E-state index is -0.428. The van der Waals surface area contributed by atoms with Gasteiger partial charge in [0, 0.05) is 16.8 Å². The van der Waals surface area contributed by atoms with Crippen LogP contribution < -0.4 is 4.90 Å². The first-order valence-electron chi connectivity index (χ1n) is 6.92. The Balaban J connectivity index is 2.07. The Labute approximate surface area is 142 Å². The number of halogens is 1. The van der Waals surface area contributed by atoms with Crippen molar-refractivity contribution in [2.45, 2.75) is 12.3 Å². The van der Waals surface area contributed by atoms with Crippen LogP contribution in [0.25, 0.3) is 0 Å². The maximum atomic E-state index is 12.3. The Morgan fingerprint density at radius 2 is 2.04 bits per heavy atom. The van der Waals surface area contributed by atoms with Crippen LogP contribution in [0.2, 0.25) is 5.02 Å². The van der Waals surface area contributed by atoms with Gasteiger partial charge in [0.1, 0.15) is 5.37 Å². The number of nitro groups is 1. The van der Waals surface area contributed by atoms with E-state index >= 15 is 0 Å². The Kier molecular flexibility index (Phi) is 4.28. The molecule has 23 heavy (non-hydrogen) atoms. The summed E-state index contributed by atoms with van der Waals surface area (Å²) < 4.78 is 0. The molecule has 0 N–H and O–H groups in total. The van der Waals surface area contributed by atoms with E-state index in [-0.39, 0.29) is 17.3 Å². The van der Waals surface area contributed by atoms with Gasteiger partial charge in [0.2, 0.25) is 5.91 Å². The molecule has 1 fully saturated rings. The monoisotopic (exact) mass is 348 g/mol. The average Bonchev–Trinajstić information content (AvgIpc) is 2.91. The van der Waals surface area contributed by atoms with Crippen LogP contribution in [0.1, 0.15) is 16.5 Å². The van der Waals surface area contributed by atoms with Gasteiger partial charge >= 0.3 is 0 Å². The third kappa shape index (κ3) is 2.92. The summed E-state index contributed by atoms with van der Waals surface area (Å²) in [6.07, 6.45) is 0. The molecule has 0 saturated carbocycles. The van der Waals surface area contributed by atoms with Gasteiger partial charge in [-0.05, 0) is 30.7 Å². The van der Waals surface area contributed by atoms with E-state index in [0.29, 0.717) is 16.3 Å². The lowest BCUT2D eigenvalue weighted by atomic mass is 10.1. The fourth-order valence-electron chi connectivity index (χ4n) is 2.53. The second-order valence-corrected chi connectivity index (χ2v) is 6.65. The Morgan fingerprint density at radius 1 is 1.30 bits per heavy atom. The highest BCUT2D eigenvalue weighted by Gasteiger charge is 2.37. The summed E-state index contributed by atoms with van der Waals surface area (Å²) in [5, 5.41) is 11.4. The van der Waals surface area contributed by atoms with Crippen molar-refractivity contribution in [3.8, 4) is 0 Å². The van der Waals surface area contributed by atoms with Crippen LogP contribution >= 0.6 is 23.4 Å². The number of hydrogen-bond donors (Lipinski definition) is 0. The van der Waals surface area contributed by atoms with E-state index in [1.807, 2.05) is 19.1 Å². The van der Waals surface area contributed by atoms with Crippen molar-refractivity contribution < 1.29 is 9.72 Å². The van der Waals surface area contributed by atoms with E-state index in [4.69, 9.17) is 11.6 Å². The highest BCUT2D eigenvalue weighted by Crippen LogP contribution is 2.45. The van der Waals surface area contributed by atoms with Gasteiger partial charge in [0.15, 0.2) is 0 Å². The van der Waals surface area contributed by atoms with Crippen LogP contribution in [-0.2, 0) is 4.79 Å². The van der Waals surface area contributed by atoms with E-state index in [0.717, 1.165) is 5.56 Å². The number of carbonyl (C=O) groups excluding carboxylic acids is 1. The zero-order valence-corrected chi connectivity index (χ0v) is 13.8. The molecular formula is C16H13ClN2O3S. The molecule has 1 saturated heterocycles. The van der Waals surface area contributed by atoms with Crippen LogP contribution in [0.3, 0.4) is 0 Å². The molecule has 118 valence electrons. The molecule has 0 bridgehead atoms. The summed E-state index contributed by atoms with van der Waals surface area (Å²) in [6, 6.07) is 11.9. The maximum absolute atomic E-state index is 12.3. The van der Waals surface area contributed by atoms with Gasteiger partial charge in [-0.25, -0.2) is 0 Å². The second-order valence-electron chi connectivity index (χ2n) is 5.18. The number of benzene rings is 2. The molecule has 0 radical (unpaired) electrons. The zero-order valence-electron chi connectivity index (χ0n) is 12.2. The van der Waals surface area contributed by atoms with Crippen LogP contribution in [0.4, 0.5) is 11.4 Å². The fraction of sp³-hybridized carbons (Fsp3) is 0.188. The van der Waals surface area contributed by atoms with E-state index < -0.39 is 10.3 Å². The molecule has 1 aliphatic rings. The summed E-state index contributed by atoms with van der Waals surface area (Å²) in [7, 11) is 0. The number of aryl methyl sites for hydroxylation is 1. The van der Waals surface area contributed by atoms with Crippen molar-refractivity contribution in [3.05, 3.63) is 68.7 Å². The number of carbonyl (C=O) groups is 1. The minimum absolute atomic E-state index is 0.0166. The van der Waals surface area contributed by atoms with Gasteiger partial charge in [-0.1, -0.05) is 29.8 Å². The average molecular weight is 349 g/mol. The van der Waals surface area contributed by atoms with Crippen molar-refractivity contribution in [2.75, 3.05) is 10.7 Å². The summed E-state index contributed by atoms with van der Waals surface area (Å²) in [5.74, 6) is 0.195. The molecule has 5 nitrogen and oxygen atoms in total. The second kappa shape index (κ2) is 6.22. The molecule has 1 heterocycles. The third-order valence-electron chi connectivity index (χ3n) is 3.70. The Hall–Kier alpha value is -2.05. The normalized spacial score (nSPS) is 17.6. The van der Waals surface area contributed by atoms with Gasteiger partial charge in [-0.3, -0.25) is 19.8 Å². The van der Waals surface area contributed by atoms with Crippen molar-refractivity contribution in [3.63, 3.8) is 0 Å².